The molecule has 1 aliphatic rings. The van der Waals surface area contributed by atoms with Gasteiger partial charge in [-0.15, -0.1) is 0 Å². The van der Waals surface area contributed by atoms with Crippen molar-refractivity contribution in [1.29, 1.82) is 0 Å². The Morgan fingerprint density at radius 3 is 2.74 bits per heavy atom. The molecule has 2 N–H and O–H groups in total. The minimum absolute atomic E-state index is 0. The second-order valence-electron chi connectivity index (χ2n) is 5.30. The van der Waals surface area contributed by atoms with Crippen LogP contribution in [0.1, 0.15) is 19.4 Å². The van der Waals surface area contributed by atoms with Crippen LogP contribution in [0, 0.1) is 5.82 Å². The van der Waals surface area contributed by atoms with E-state index in [1.807, 2.05) is 6.07 Å². The Hall–Kier alpha value is -1.78. The highest BCUT2D eigenvalue weighted by Crippen LogP contribution is 2.41. The van der Waals surface area contributed by atoms with Gasteiger partial charge in [-0.3, -0.25) is 0 Å². The fourth-order valence-electron chi connectivity index (χ4n) is 2.72. The number of aryl methyl sites for hydroxylation is 1. The van der Waals surface area contributed by atoms with Gasteiger partial charge in [-0.25, -0.2) is 4.39 Å². The van der Waals surface area contributed by atoms with Gasteiger partial charge in [0.15, 0.2) is 0 Å². The molecule has 0 unspecified atom stereocenters. The van der Waals surface area contributed by atoms with E-state index in [1.165, 1.54) is 12.1 Å². The van der Waals surface area contributed by atoms with Gasteiger partial charge in [0.05, 0.1) is 12.1 Å². The molecule has 2 aromatic rings. The molecule has 0 amide bonds. The molecule has 0 fully saturated rings. The second kappa shape index (κ2) is 7.20. The molecule has 0 spiro atoms. The van der Waals surface area contributed by atoms with E-state index in [0.717, 1.165) is 24.0 Å². The van der Waals surface area contributed by atoms with E-state index in [0.29, 0.717) is 28.6 Å². The molecular formula is C18H21ClFNO2. The quantitative estimate of drug-likeness (QED) is 0.900. The number of hydrogen-bond acceptors (Lipinski definition) is 3. The van der Waals surface area contributed by atoms with Gasteiger partial charge < -0.3 is 15.2 Å². The maximum Gasteiger partial charge on any atom is 0.131 e. The molecule has 0 aromatic heterocycles. The third-order valence-electron chi connectivity index (χ3n) is 3.88. The van der Waals surface area contributed by atoms with Crippen molar-refractivity contribution in [2.24, 2.45) is 5.73 Å². The Bertz CT molecular complexity index is 706. The Morgan fingerprint density at radius 1 is 1.30 bits per heavy atom. The summed E-state index contributed by atoms with van der Waals surface area (Å²) in [4.78, 5) is 0. The van der Waals surface area contributed by atoms with E-state index < -0.39 is 0 Å². The van der Waals surface area contributed by atoms with Gasteiger partial charge in [-0.2, -0.15) is 0 Å². The highest BCUT2D eigenvalue weighted by molar-refractivity contribution is 6.33. The zero-order chi connectivity index (χ0) is 15.7. The van der Waals surface area contributed by atoms with Gasteiger partial charge in [-0.05, 0) is 48.7 Å². The summed E-state index contributed by atoms with van der Waals surface area (Å²) < 4.78 is 25.1. The van der Waals surface area contributed by atoms with Gasteiger partial charge in [-0.1, -0.05) is 19.0 Å². The number of ether oxygens (including phenoxy) is 2. The lowest BCUT2D eigenvalue weighted by atomic mass is 9.95. The van der Waals surface area contributed by atoms with Gasteiger partial charge in [0.25, 0.3) is 0 Å². The lowest BCUT2D eigenvalue weighted by molar-refractivity contribution is 0.182. The third kappa shape index (κ3) is 3.43. The van der Waals surface area contributed by atoms with Crippen LogP contribution in [0.2, 0.25) is 5.02 Å². The summed E-state index contributed by atoms with van der Waals surface area (Å²) in [6.07, 6.45) is 1.49. The Balaban J connectivity index is 0.00000192. The molecule has 0 saturated heterocycles. The lowest BCUT2D eigenvalue weighted by Crippen LogP contribution is -2.30. The predicted octanol–water partition coefficient (Wildman–Crippen LogP) is 4.44. The van der Waals surface area contributed by atoms with Crippen molar-refractivity contribution < 1.29 is 13.9 Å². The average Bonchev–Trinajstić information content (AvgIpc) is 2.53. The molecule has 5 heteroatoms. The first kappa shape index (κ1) is 17.6. The van der Waals surface area contributed by atoms with Gasteiger partial charge in [0.1, 0.15) is 23.4 Å². The standard InChI is InChI=1S/C17H17ClFNO2.CH4/c1-21-12-4-5-14(16(18)8-12)15-7-11(19)6-10-2-3-13(9-20)22-17(10)15;/h4-8,13H,2-3,9,20H2,1H3;1H4/t13-;/m1./s1. The maximum absolute atomic E-state index is 13.9. The van der Waals surface area contributed by atoms with E-state index >= 15 is 0 Å². The largest absolute Gasteiger partial charge is 0.497 e. The van der Waals surface area contributed by atoms with Crippen LogP contribution in [-0.4, -0.2) is 19.8 Å². The van der Waals surface area contributed by atoms with Gasteiger partial charge in [0, 0.05) is 17.7 Å². The minimum atomic E-state index is -0.296. The number of methoxy groups -OCH3 is 1. The summed E-state index contributed by atoms with van der Waals surface area (Å²) in [5, 5.41) is 0.491. The molecule has 124 valence electrons. The van der Waals surface area contributed by atoms with E-state index in [4.69, 9.17) is 26.8 Å². The molecule has 0 radical (unpaired) electrons. The summed E-state index contributed by atoms with van der Waals surface area (Å²) in [5.41, 5.74) is 7.93. The van der Waals surface area contributed by atoms with Crippen LogP contribution >= 0.6 is 11.6 Å². The summed E-state index contributed by atoms with van der Waals surface area (Å²) in [5.74, 6) is 1.03. The van der Waals surface area contributed by atoms with Crippen LogP contribution in [0.15, 0.2) is 30.3 Å². The van der Waals surface area contributed by atoms with Crippen LogP contribution in [0.25, 0.3) is 11.1 Å². The van der Waals surface area contributed by atoms with Crippen molar-refractivity contribution >= 4 is 11.6 Å². The SMILES string of the molecule is C.COc1ccc(-c2cc(F)cc3c2O[C@@H](CN)CC3)c(Cl)c1. The monoisotopic (exact) mass is 337 g/mol. The molecule has 3 rings (SSSR count). The highest BCUT2D eigenvalue weighted by Gasteiger charge is 2.24. The van der Waals surface area contributed by atoms with Crippen LogP contribution in [0.5, 0.6) is 11.5 Å². The summed E-state index contributed by atoms with van der Waals surface area (Å²) in [7, 11) is 1.57. The van der Waals surface area contributed by atoms with Crippen LogP contribution in [0.4, 0.5) is 4.39 Å². The van der Waals surface area contributed by atoms with E-state index in [2.05, 4.69) is 0 Å². The fourth-order valence-corrected chi connectivity index (χ4v) is 3.00. The number of nitrogens with two attached hydrogens (primary N) is 1. The Labute approximate surface area is 141 Å². The fraction of sp³-hybridized carbons (Fsp3) is 0.333. The molecule has 0 saturated carbocycles. The first-order valence-corrected chi connectivity index (χ1v) is 7.53. The van der Waals surface area contributed by atoms with Crippen molar-refractivity contribution in [3.8, 4) is 22.6 Å². The summed E-state index contributed by atoms with van der Waals surface area (Å²) in [6.45, 7) is 0.437. The second-order valence-corrected chi connectivity index (χ2v) is 5.71. The summed E-state index contributed by atoms with van der Waals surface area (Å²) in [6, 6.07) is 8.28. The summed E-state index contributed by atoms with van der Waals surface area (Å²) >= 11 is 6.33. The Morgan fingerprint density at radius 2 is 2.09 bits per heavy atom. The highest BCUT2D eigenvalue weighted by atomic mass is 35.5. The lowest BCUT2D eigenvalue weighted by Gasteiger charge is -2.27. The van der Waals surface area contributed by atoms with Crippen LogP contribution < -0.4 is 15.2 Å². The number of benzene rings is 2. The van der Waals surface area contributed by atoms with Gasteiger partial charge >= 0.3 is 0 Å². The van der Waals surface area contributed by atoms with Crippen molar-refractivity contribution in [3.63, 3.8) is 0 Å². The van der Waals surface area contributed by atoms with Crippen molar-refractivity contribution in [2.75, 3.05) is 13.7 Å². The number of hydrogen-bond donors (Lipinski definition) is 1. The molecule has 1 atom stereocenters. The first-order valence-electron chi connectivity index (χ1n) is 7.15. The average molecular weight is 338 g/mol. The molecule has 2 aromatic carbocycles. The molecule has 3 nitrogen and oxygen atoms in total. The molecule has 23 heavy (non-hydrogen) atoms. The van der Waals surface area contributed by atoms with E-state index in [9.17, 15) is 4.39 Å². The zero-order valence-electron chi connectivity index (χ0n) is 12.2. The number of rotatable bonds is 3. The zero-order valence-corrected chi connectivity index (χ0v) is 13.0. The normalized spacial score (nSPS) is 16.1. The Kier molecular flexibility index (Phi) is 5.50. The van der Waals surface area contributed by atoms with Crippen molar-refractivity contribution in [3.05, 3.63) is 46.7 Å². The number of halogens is 2. The minimum Gasteiger partial charge on any atom is -0.497 e. The molecule has 0 aliphatic carbocycles. The van der Waals surface area contributed by atoms with E-state index in [-0.39, 0.29) is 19.3 Å². The number of fused-ring (bicyclic) bond motifs is 1. The molecule has 1 aliphatic heterocycles. The topological polar surface area (TPSA) is 44.5 Å². The van der Waals surface area contributed by atoms with Crippen LogP contribution in [0.3, 0.4) is 0 Å². The van der Waals surface area contributed by atoms with Crippen LogP contribution in [-0.2, 0) is 6.42 Å². The maximum atomic E-state index is 13.9. The van der Waals surface area contributed by atoms with E-state index in [1.54, 1.807) is 19.2 Å². The predicted molar refractivity (Wildman–Crippen MR) is 91.9 cm³/mol. The molecule has 0 bridgehead atoms. The molecule has 1 heterocycles. The van der Waals surface area contributed by atoms with Crippen molar-refractivity contribution in [1.82, 2.24) is 0 Å². The third-order valence-corrected chi connectivity index (χ3v) is 4.19. The van der Waals surface area contributed by atoms with Crippen molar-refractivity contribution in [2.45, 2.75) is 26.4 Å². The molecular weight excluding hydrogens is 317 g/mol. The van der Waals surface area contributed by atoms with Gasteiger partial charge in [0.2, 0.25) is 0 Å². The first-order chi connectivity index (χ1) is 10.6. The smallest absolute Gasteiger partial charge is 0.131 e.